The normalized spacial score (nSPS) is 26.4. The van der Waals surface area contributed by atoms with Gasteiger partial charge >= 0.3 is 0 Å². The number of nitrogens with two attached hydrogens (primary N) is 1. The monoisotopic (exact) mass is 263 g/mol. The Morgan fingerprint density at radius 2 is 2.06 bits per heavy atom. The lowest BCUT2D eigenvalue weighted by molar-refractivity contribution is 0.150. The standard InChI is InChI=1S/C11H25N3O2S/c1-5-7-13(4)17(15,16)14-8-6-10(12)11(2,3)9-14/h10H,5-9,12H2,1-4H3. The van der Waals surface area contributed by atoms with Crippen LogP contribution in [-0.4, -0.2) is 49.8 Å². The van der Waals surface area contributed by atoms with Crippen LogP contribution in [0.2, 0.25) is 0 Å². The van der Waals surface area contributed by atoms with Crippen molar-refractivity contribution >= 4 is 10.2 Å². The van der Waals surface area contributed by atoms with Gasteiger partial charge in [-0.3, -0.25) is 0 Å². The maximum Gasteiger partial charge on any atom is 0.281 e. The van der Waals surface area contributed by atoms with E-state index < -0.39 is 10.2 Å². The van der Waals surface area contributed by atoms with Crippen LogP contribution >= 0.6 is 0 Å². The lowest BCUT2D eigenvalue weighted by Crippen LogP contribution is -2.56. The first-order valence-corrected chi connectivity index (χ1v) is 7.58. The van der Waals surface area contributed by atoms with E-state index >= 15 is 0 Å². The van der Waals surface area contributed by atoms with Gasteiger partial charge in [-0.05, 0) is 18.3 Å². The molecule has 0 bridgehead atoms. The Hall–Kier alpha value is -0.170. The van der Waals surface area contributed by atoms with E-state index in [-0.39, 0.29) is 11.5 Å². The largest absolute Gasteiger partial charge is 0.327 e. The summed E-state index contributed by atoms with van der Waals surface area (Å²) in [7, 11) is -1.67. The van der Waals surface area contributed by atoms with Crippen molar-refractivity contribution < 1.29 is 8.42 Å². The fourth-order valence-electron chi connectivity index (χ4n) is 2.15. The van der Waals surface area contributed by atoms with Crippen LogP contribution in [0.15, 0.2) is 0 Å². The predicted molar refractivity (Wildman–Crippen MR) is 69.8 cm³/mol. The molecule has 102 valence electrons. The van der Waals surface area contributed by atoms with Crippen molar-refractivity contribution in [3.63, 3.8) is 0 Å². The number of hydrogen-bond acceptors (Lipinski definition) is 3. The third-order valence-electron chi connectivity index (χ3n) is 3.54. The van der Waals surface area contributed by atoms with Crippen molar-refractivity contribution in [3.05, 3.63) is 0 Å². The molecule has 0 saturated carbocycles. The van der Waals surface area contributed by atoms with Crippen LogP contribution in [0.5, 0.6) is 0 Å². The highest BCUT2D eigenvalue weighted by Crippen LogP contribution is 2.29. The van der Waals surface area contributed by atoms with Crippen LogP contribution in [0, 0.1) is 5.41 Å². The molecule has 6 heteroatoms. The summed E-state index contributed by atoms with van der Waals surface area (Å²) in [6, 6.07) is 0.0745. The minimum Gasteiger partial charge on any atom is -0.327 e. The van der Waals surface area contributed by atoms with Crippen molar-refractivity contribution in [1.82, 2.24) is 8.61 Å². The molecule has 0 aromatic rings. The summed E-state index contributed by atoms with van der Waals surface area (Å²) in [6.45, 7) is 7.62. The molecule has 0 aromatic heterocycles. The molecule has 0 spiro atoms. The molecule has 1 heterocycles. The molecule has 1 aliphatic heterocycles. The van der Waals surface area contributed by atoms with Gasteiger partial charge < -0.3 is 5.73 Å². The van der Waals surface area contributed by atoms with Crippen molar-refractivity contribution in [2.24, 2.45) is 11.1 Å². The highest BCUT2D eigenvalue weighted by atomic mass is 32.2. The molecule has 2 N–H and O–H groups in total. The van der Waals surface area contributed by atoms with Gasteiger partial charge in [-0.2, -0.15) is 17.0 Å². The zero-order chi connectivity index (χ0) is 13.3. The molecular weight excluding hydrogens is 238 g/mol. The van der Waals surface area contributed by atoms with Crippen LogP contribution in [0.4, 0.5) is 0 Å². The highest BCUT2D eigenvalue weighted by molar-refractivity contribution is 7.86. The third-order valence-corrected chi connectivity index (χ3v) is 5.47. The van der Waals surface area contributed by atoms with E-state index in [1.165, 1.54) is 4.31 Å². The van der Waals surface area contributed by atoms with Gasteiger partial charge in [0, 0.05) is 32.7 Å². The number of hydrogen-bond donors (Lipinski definition) is 1. The first kappa shape index (κ1) is 14.9. The van der Waals surface area contributed by atoms with Gasteiger partial charge in [-0.1, -0.05) is 20.8 Å². The second-order valence-electron chi connectivity index (χ2n) is 5.55. The second-order valence-corrected chi connectivity index (χ2v) is 7.58. The SMILES string of the molecule is CCCN(C)S(=O)(=O)N1CCC(N)C(C)(C)C1. The number of rotatable bonds is 4. The molecule has 1 fully saturated rings. The summed E-state index contributed by atoms with van der Waals surface area (Å²) in [5.41, 5.74) is 5.86. The van der Waals surface area contributed by atoms with Gasteiger partial charge in [0.1, 0.15) is 0 Å². The Balaban J connectivity index is 2.81. The molecule has 1 rings (SSSR count). The topological polar surface area (TPSA) is 66.6 Å². The van der Waals surface area contributed by atoms with Crippen molar-refractivity contribution in [1.29, 1.82) is 0 Å². The molecule has 0 aromatic carbocycles. The van der Waals surface area contributed by atoms with Crippen LogP contribution in [-0.2, 0) is 10.2 Å². The van der Waals surface area contributed by atoms with Crippen molar-refractivity contribution in [2.45, 2.75) is 39.7 Å². The summed E-state index contributed by atoms with van der Waals surface area (Å²) in [4.78, 5) is 0. The highest BCUT2D eigenvalue weighted by Gasteiger charge is 2.39. The molecule has 0 radical (unpaired) electrons. The van der Waals surface area contributed by atoms with Gasteiger partial charge in [-0.15, -0.1) is 0 Å². The van der Waals surface area contributed by atoms with E-state index in [1.54, 1.807) is 11.4 Å². The van der Waals surface area contributed by atoms with Crippen molar-refractivity contribution in [3.8, 4) is 0 Å². The second kappa shape index (κ2) is 5.22. The first-order valence-electron chi connectivity index (χ1n) is 6.19. The summed E-state index contributed by atoms with van der Waals surface area (Å²) < 4.78 is 27.6. The quantitative estimate of drug-likeness (QED) is 0.809. The minimum atomic E-state index is -3.31. The van der Waals surface area contributed by atoms with E-state index in [2.05, 4.69) is 0 Å². The van der Waals surface area contributed by atoms with E-state index in [0.29, 0.717) is 19.6 Å². The van der Waals surface area contributed by atoms with Crippen LogP contribution in [0.3, 0.4) is 0 Å². The Kier molecular flexibility index (Phi) is 4.57. The first-order chi connectivity index (χ1) is 7.71. The Morgan fingerprint density at radius 3 is 2.53 bits per heavy atom. The zero-order valence-electron chi connectivity index (χ0n) is 11.3. The van der Waals surface area contributed by atoms with Gasteiger partial charge in [0.25, 0.3) is 10.2 Å². The fourth-order valence-corrected chi connectivity index (χ4v) is 3.79. The average molecular weight is 263 g/mol. The molecule has 5 nitrogen and oxygen atoms in total. The van der Waals surface area contributed by atoms with Crippen molar-refractivity contribution in [2.75, 3.05) is 26.7 Å². The smallest absolute Gasteiger partial charge is 0.281 e. The van der Waals surface area contributed by atoms with E-state index in [0.717, 1.165) is 12.8 Å². The molecular formula is C11H25N3O2S. The van der Waals surface area contributed by atoms with Gasteiger partial charge in [-0.25, -0.2) is 0 Å². The predicted octanol–water partition coefficient (Wildman–Crippen LogP) is 0.632. The van der Waals surface area contributed by atoms with E-state index in [9.17, 15) is 8.42 Å². The molecule has 1 aliphatic rings. The van der Waals surface area contributed by atoms with Gasteiger partial charge in [0.2, 0.25) is 0 Å². The summed E-state index contributed by atoms with van der Waals surface area (Å²) >= 11 is 0. The molecule has 0 aliphatic carbocycles. The summed E-state index contributed by atoms with van der Waals surface area (Å²) in [5.74, 6) is 0. The average Bonchev–Trinajstić information content (AvgIpc) is 2.22. The Labute approximate surface area is 105 Å². The van der Waals surface area contributed by atoms with E-state index in [4.69, 9.17) is 5.73 Å². The molecule has 1 atom stereocenters. The third kappa shape index (κ3) is 3.19. The van der Waals surface area contributed by atoms with Gasteiger partial charge in [0.05, 0.1) is 0 Å². The van der Waals surface area contributed by atoms with E-state index in [1.807, 2.05) is 20.8 Å². The summed E-state index contributed by atoms with van der Waals surface area (Å²) in [6.07, 6.45) is 1.55. The van der Waals surface area contributed by atoms with Gasteiger partial charge in [0.15, 0.2) is 0 Å². The minimum absolute atomic E-state index is 0.0745. The molecule has 0 amide bonds. The fraction of sp³-hybridized carbons (Fsp3) is 1.00. The number of nitrogens with zero attached hydrogens (tertiary/aromatic N) is 2. The molecule has 1 saturated heterocycles. The number of piperidine rings is 1. The Morgan fingerprint density at radius 1 is 1.47 bits per heavy atom. The van der Waals surface area contributed by atoms with Crippen LogP contribution in [0.25, 0.3) is 0 Å². The summed E-state index contributed by atoms with van der Waals surface area (Å²) in [5, 5.41) is 0. The lowest BCUT2D eigenvalue weighted by Gasteiger charge is -2.42. The van der Waals surface area contributed by atoms with Crippen LogP contribution in [0.1, 0.15) is 33.6 Å². The Bertz CT molecular complexity index is 354. The van der Waals surface area contributed by atoms with Crippen LogP contribution < -0.4 is 5.73 Å². The maximum atomic E-state index is 12.3. The molecule has 17 heavy (non-hydrogen) atoms. The maximum absolute atomic E-state index is 12.3. The zero-order valence-corrected chi connectivity index (χ0v) is 12.1. The lowest BCUT2D eigenvalue weighted by atomic mass is 9.81. The molecule has 1 unspecified atom stereocenters.